The number of H-pyrrole nitrogens is 1. The zero-order valence-electron chi connectivity index (χ0n) is 18.4. The summed E-state index contributed by atoms with van der Waals surface area (Å²) >= 11 is 1.11. The Bertz CT molecular complexity index is 1590. The second-order valence-electron chi connectivity index (χ2n) is 7.56. The summed E-state index contributed by atoms with van der Waals surface area (Å²) in [6.07, 6.45) is 0. The highest BCUT2D eigenvalue weighted by atomic mass is 32.2. The van der Waals surface area contributed by atoms with Crippen molar-refractivity contribution < 1.29 is 13.2 Å². The van der Waals surface area contributed by atoms with Crippen LogP contribution in [0.2, 0.25) is 0 Å². The van der Waals surface area contributed by atoms with Crippen molar-refractivity contribution in [3.63, 3.8) is 0 Å². The van der Waals surface area contributed by atoms with E-state index in [2.05, 4.69) is 15.0 Å². The molecule has 4 rings (SSSR count). The molecule has 34 heavy (non-hydrogen) atoms. The van der Waals surface area contributed by atoms with Gasteiger partial charge in [0, 0.05) is 12.1 Å². The summed E-state index contributed by atoms with van der Waals surface area (Å²) in [7, 11) is -3.75. The van der Waals surface area contributed by atoms with Crippen LogP contribution in [-0.4, -0.2) is 23.9 Å². The van der Waals surface area contributed by atoms with E-state index in [0.29, 0.717) is 16.6 Å². The number of thiophene rings is 1. The van der Waals surface area contributed by atoms with Crippen LogP contribution in [0.1, 0.15) is 35.8 Å². The van der Waals surface area contributed by atoms with Crippen molar-refractivity contribution >= 4 is 43.9 Å². The minimum absolute atomic E-state index is 0.186. The van der Waals surface area contributed by atoms with Gasteiger partial charge in [-0.25, -0.2) is 13.2 Å². The molecule has 0 saturated carbocycles. The number of aromatic amines is 1. The third-order valence-corrected chi connectivity index (χ3v) is 8.10. The molecule has 0 fully saturated rings. The Labute approximate surface area is 199 Å². The highest BCUT2D eigenvalue weighted by Gasteiger charge is 2.20. The van der Waals surface area contributed by atoms with Gasteiger partial charge in [-0.1, -0.05) is 24.3 Å². The zero-order chi connectivity index (χ0) is 24.5. The number of benzene rings is 2. The molecule has 0 aliphatic heterocycles. The molecule has 1 atom stereocenters. The summed E-state index contributed by atoms with van der Waals surface area (Å²) in [5.74, 6) is -0.439. The molecular weight excluding hydrogens is 476 g/mol. The summed E-state index contributed by atoms with van der Waals surface area (Å²) in [6, 6.07) is 13.9. The first-order valence-electron chi connectivity index (χ1n) is 10.4. The van der Waals surface area contributed by atoms with Crippen molar-refractivity contribution in [2.24, 2.45) is 0 Å². The van der Waals surface area contributed by atoms with Gasteiger partial charge in [-0.05, 0) is 55.1 Å². The van der Waals surface area contributed by atoms with Crippen molar-refractivity contribution in [1.82, 2.24) is 14.9 Å². The second-order valence-corrected chi connectivity index (χ2v) is 10.4. The quantitative estimate of drug-likeness (QED) is 0.361. The molecule has 0 radical (unpaired) electrons. The number of carbonyl (C=O) groups is 1. The SMILES string of the molecule is CCn1c(=O)[nH]c2cc(C(=O)NC(C)c3ccccc3NS(=O)(=O)c3cccs3)ccc2c1=O. The molecule has 2 aromatic carbocycles. The summed E-state index contributed by atoms with van der Waals surface area (Å²) in [5.41, 5.74) is 0.485. The number of nitrogens with one attached hydrogen (secondary N) is 3. The van der Waals surface area contributed by atoms with E-state index in [1.54, 1.807) is 49.6 Å². The fourth-order valence-corrected chi connectivity index (χ4v) is 5.70. The molecule has 176 valence electrons. The van der Waals surface area contributed by atoms with Crippen LogP contribution in [0.15, 0.2) is 73.8 Å². The second kappa shape index (κ2) is 9.27. The van der Waals surface area contributed by atoms with Gasteiger partial charge in [0.1, 0.15) is 4.21 Å². The van der Waals surface area contributed by atoms with Crippen LogP contribution in [0.25, 0.3) is 10.9 Å². The van der Waals surface area contributed by atoms with Crippen LogP contribution in [0.3, 0.4) is 0 Å². The largest absolute Gasteiger partial charge is 0.345 e. The van der Waals surface area contributed by atoms with Crippen LogP contribution in [0.5, 0.6) is 0 Å². The summed E-state index contributed by atoms with van der Waals surface area (Å²) in [6.45, 7) is 3.67. The van der Waals surface area contributed by atoms with E-state index in [0.717, 1.165) is 15.9 Å². The lowest BCUT2D eigenvalue weighted by molar-refractivity contribution is 0.0940. The Balaban J connectivity index is 1.60. The smallest absolute Gasteiger partial charge is 0.328 e. The van der Waals surface area contributed by atoms with Crippen LogP contribution < -0.4 is 21.3 Å². The zero-order valence-corrected chi connectivity index (χ0v) is 20.0. The van der Waals surface area contributed by atoms with Gasteiger partial charge in [-0.15, -0.1) is 11.3 Å². The van der Waals surface area contributed by atoms with E-state index in [1.165, 1.54) is 24.3 Å². The molecule has 0 aliphatic rings. The maximum absolute atomic E-state index is 12.9. The topological polar surface area (TPSA) is 130 Å². The lowest BCUT2D eigenvalue weighted by Crippen LogP contribution is -2.34. The molecule has 2 aromatic heterocycles. The number of hydrogen-bond acceptors (Lipinski definition) is 6. The molecule has 0 aliphatic carbocycles. The number of nitrogens with zero attached hydrogens (tertiary/aromatic N) is 1. The minimum atomic E-state index is -3.75. The van der Waals surface area contributed by atoms with Crippen molar-refractivity contribution in [3.8, 4) is 0 Å². The van der Waals surface area contributed by atoms with Gasteiger partial charge in [0.2, 0.25) is 0 Å². The predicted octanol–water partition coefficient (Wildman–Crippen LogP) is 3.06. The molecule has 0 bridgehead atoms. The summed E-state index contributed by atoms with van der Waals surface area (Å²) < 4.78 is 29.2. The molecule has 0 spiro atoms. The van der Waals surface area contributed by atoms with Crippen LogP contribution in [0, 0.1) is 0 Å². The monoisotopic (exact) mass is 498 g/mol. The van der Waals surface area contributed by atoms with Crippen molar-refractivity contribution in [3.05, 3.63) is 91.9 Å². The highest BCUT2D eigenvalue weighted by Crippen LogP contribution is 2.27. The Morgan fingerprint density at radius 1 is 1.12 bits per heavy atom. The number of aromatic nitrogens is 2. The number of amides is 1. The number of hydrogen-bond donors (Lipinski definition) is 3. The van der Waals surface area contributed by atoms with Gasteiger partial charge in [0.15, 0.2) is 0 Å². The lowest BCUT2D eigenvalue weighted by atomic mass is 10.1. The average Bonchev–Trinajstić information content (AvgIpc) is 3.35. The lowest BCUT2D eigenvalue weighted by Gasteiger charge is -2.19. The number of anilines is 1. The molecule has 11 heteroatoms. The van der Waals surface area contributed by atoms with Crippen LogP contribution >= 0.6 is 11.3 Å². The Morgan fingerprint density at radius 2 is 1.88 bits per heavy atom. The van der Waals surface area contributed by atoms with E-state index in [-0.39, 0.29) is 21.8 Å². The first kappa shape index (κ1) is 23.5. The first-order chi connectivity index (χ1) is 16.2. The fraction of sp³-hybridized carbons (Fsp3) is 0.174. The number of carbonyl (C=O) groups excluding carboxylic acids is 1. The number of sulfonamides is 1. The van der Waals surface area contributed by atoms with Gasteiger partial charge >= 0.3 is 5.69 Å². The third-order valence-electron chi connectivity index (χ3n) is 5.34. The highest BCUT2D eigenvalue weighted by molar-refractivity contribution is 7.94. The predicted molar refractivity (Wildman–Crippen MR) is 132 cm³/mol. The molecule has 9 nitrogen and oxygen atoms in total. The standard InChI is InChI=1S/C23H22N4O5S2/c1-3-27-22(29)17-11-10-15(13-19(17)25-23(27)30)21(28)24-14(2)16-7-4-5-8-18(16)26-34(31,32)20-9-6-12-33-20/h4-14,26H,3H2,1-2H3,(H,24,28)(H,25,30). The number of fused-ring (bicyclic) bond motifs is 1. The molecule has 1 amide bonds. The van der Waals surface area contributed by atoms with E-state index >= 15 is 0 Å². The normalized spacial score (nSPS) is 12.4. The maximum atomic E-state index is 12.9. The van der Waals surface area contributed by atoms with Gasteiger partial charge in [0.05, 0.1) is 22.6 Å². The van der Waals surface area contributed by atoms with Crippen molar-refractivity contribution in [2.45, 2.75) is 30.6 Å². The van der Waals surface area contributed by atoms with E-state index in [4.69, 9.17) is 0 Å². The van der Waals surface area contributed by atoms with Crippen molar-refractivity contribution in [1.29, 1.82) is 0 Å². The van der Waals surface area contributed by atoms with E-state index < -0.39 is 33.2 Å². The van der Waals surface area contributed by atoms with Gasteiger partial charge in [0.25, 0.3) is 21.5 Å². The number of rotatable bonds is 7. The molecule has 4 aromatic rings. The molecule has 0 saturated heterocycles. The van der Waals surface area contributed by atoms with E-state index in [1.807, 2.05) is 0 Å². The molecule has 2 heterocycles. The Hall–Kier alpha value is -3.70. The van der Waals surface area contributed by atoms with E-state index in [9.17, 15) is 22.8 Å². The van der Waals surface area contributed by atoms with Crippen LogP contribution in [0.4, 0.5) is 5.69 Å². The van der Waals surface area contributed by atoms with Gasteiger partial charge in [-0.3, -0.25) is 18.9 Å². The molecule has 1 unspecified atom stereocenters. The average molecular weight is 499 g/mol. The fourth-order valence-electron chi connectivity index (χ4n) is 3.62. The van der Waals surface area contributed by atoms with Crippen molar-refractivity contribution in [2.75, 3.05) is 4.72 Å². The minimum Gasteiger partial charge on any atom is -0.345 e. The van der Waals surface area contributed by atoms with Gasteiger partial charge in [-0.2, -0.15) is 0 Å². The number of para-hydroxylation sites is 1. The Morgan fingerprint density at radius 3 is 2.59 bits per heavy atom. The third kappa shape index (κ3) is 4.52. The van der Waals surface area contributed by atoms with Gasteiger partial charge < -0.3 is 10.3 Å². The van der Waals surface area contributed by atoms with Crippen LogP contribution in [-0.2, 0) is 16.6 Å². The Kier molecular flexibility index (Phi) is 6.40. The first-order valence-corrected chi connectivity index (χ1v) is 12.8. The summed E-state index contributed by atoms with van der Waals surface area (Å²) in [5, 5.41) is 4.83. The summed E-state index contributed by atoms with van der Waals surface area (Å²) in [4.78, 5) is 40.1. The molecule has 3 N–H and O–H groups in total. The molecular formula is C23H22N4O5S2. The maximum Gasteiger partial charge on any atom is 0.328 e.